The van der Waals surface area contributed by atoms with Gasteiger partial charge in [-0.05, 0) is 13.0 Å². The van der Waals surface area contributed by atoms with Gasteiger partial charge in [-0.3, -0.25) is 4.79 Å². The summed E-state index contributed by atoms with van der Waals surface area (Å²) in [5.74, 6) is 0.241. The van der Waals surface area contributed by atoms with E-state index in [4.69, 9.17) is 10.5 Å². The molecule has 0 bridgehead atoms. The molecule has 1 aromatic rings. The largest absolute Gasteiger partial charge is 0.481 e. The minimum atomic E-state index is -0.528. The second-order valence-electron chi connectivity index (χ2n) is 2.72. The van der Waals surface area contributed by atoms with Crippen molar-refractivity contribution in [3.63, 3.8) is 0 Å². The predicted octanol–water partition coefficient (Wildman–Crippen LogP) is 0.620. The Morgan fingerprint density at radius 2 is 2.31 bits per heavy atom. The Balaban J connectivity index is 2.95. The van der Waals surface area contributed by atoms with Crippen LogP contribution in [0.15, 0.2) is 18.2 Å². The maximum Gasteiger partial charge on any atom is 0.213 e. The van der Waals surface area contributed by atoms with Crippen molar-refractivity contribution >= 4 is 5.78 Å². The molecule has 0 amide bonds. The molecule has 0 saturated heterocycles. The number of pyridine rings is 1. The van der Waals surface area contributed by atoms with Crippen LogP contribution in [0.3, 0.4) is 0 Å². The number of carbonyl (C=O) groups is 1. The standard InChI is InChI=1S/C9H12N2O2/c1-6(10)9(12)7-4-3-5-8(11-7)13-2/h3-6H,10H2,1-2H3. The third-order valence-electron chi connectivity index (χ3n) is 1.60. The first kappa shape index (κ1) is 9.67. The topological polar surface area (TPSA) is 65.2 Å². The monoisotopic (exact) mass is 180 g/mol. The Bertz CT molecular complexity index is 310. The lowest BCUT2D eigenvalue weighted by Gasteiger charge is -2.04. The number of nitrogens with zero attached hydrogens (tertiary/aromatic N) is 1. The van der Waals surface area contributed by atoms with Crippen LogP contribution in [-0.2, 0) is 0 Å². The van der Waals surface area contributed by atoms with Gasteiger partial charge in [-0.15, -0.1) is 0 Å². The van der Waals surface area contributed by atoms with Crippen molar-refractivity contribution in [2.75, 3.05) is 7.11 Å². The number of aromatic nitrogens is 1. The third-order valence-corrected chi connectivity index (χ3v) is 1.60. The molecular weight excluding hydrogens is 168 g/mol. The van der Waals surface area contributed by atoms with Crippen molar-refractivity contribution in [2.45, 2.75) is 13.0 Å². The summed E-state index contributed by atoms with van der Waals surface area (Å²) in [4.78, 5) is 15.3. The molecule has 0 aliphatic rings. The molecule has 0 aliphatic heterocycles. The van der Waals surface area contributed by atoms with Gasteiger partial charge in [0.1, 0.15) is 5.69 Å². The van der Waals surface area contributed by atoms with Crippen LogP contribution in [0.2, 0.25) is 0 Å². The van der Waals surface area contributed by atoms with Crippen molar-refractivity contribution in [1.29, 1.82) is 0 Å². The van der Waals surface area contributed by atoms with E-state index in [0.717, 1.165) is 0 Å². The van der Waals surface area contributed by atoms with Crippen molar-refractivity contribution < 1.29 is 9.53 Å². The Morgan fingerprint density at radius 1 is 1.62 bits per heavy atom. The second kappa shape index (κ2) is 4.00. The van der Waals surface area contributed by atoms with Gasteiger partial charge in [-0.2, -0.15) is 0 Å². The molecule has 0 spiro atoms. The molecule has 0 saturated carbocycles. The number of Topliss-reactive ketones (excluding diaryl/α,β-unsaturated/α-hetero) is 1. The molecule has 70 valence electrons. The van der Waals surface area contributed by atoms with Gasteiger partial charge >= 0.3 is 0 Å². The molecule has 13 heavy (non-hydrogen) atoms. The van der Waals surface area contributed by atoms with E-state index in [1.807, 2.05) is 0 Å². The van der Waals surface area contributed by atoms with E-state index < -0.39 is 6.04 Å². The molecule has 0 radical (unpaired) electrons. The smallest absolute Gasteiger partial charge is 0.213 e. The van der Waals surface area contributed by atoms with Crippen LogP contribution in [0, 0.1) is 0 Å². The van der Waals surface area contributed by atoms with Gasteiger partial charge in [-0.25, -0.2) is 4.98 Å². The maximum absolute atomic E-state index is 11.4. The normalized spacial score (nSPS) is 12.2. The fourth-order valence-corrected chi connectivity index (χ4v) is 0.899. The zero-order valence-corrected chi connectivity index (χ0v) is 7.65. The molecule has 1 aromatic heterocycles. The fourth-order valence-electron chi connectivity index (χ4n) is 0.899. The SMILES string of the molecule is COc1cccc(C(=O)C(C)N)n1. The molecule has 0 aromatic carbocycles. The summed E-state index contributed by atoms with van der Waals surface area (Å²) < 4.78 is 4.88. The highest BCUT2D eigenvalue weighted by Gasteiger charge is 2.12. The first-order chi connectivity index (χ1) is 6.15. The number of methoxy groups -OCH3 is 1. The predicted molar refractivity (Wildman–Crippen MR) is 48.8 cm³/mol. The Kier molecular flexibility index (Phi) is 2.97. The zero-order valence-electron chi connectivity index (χ0n) is 7.65. The average Bonchev–Trinajstić information content (AvgIpc) is 2.16. The van der Waals surface area contributed by atoms with E-state index in [0.29, 0.717) is 11.6 Å². The summed E-state index contributed by atoms with van der Waals surface area (Å²) in [5, 5.41) is 0. The zero-order chi connectivity index (χ0) is 9.84. The van der Waals surface area contributed by atoms with E-state index in [9.17, 15) is 4.79 Å². The summed E-state index contributed by atoms with van der Waals surface area (Å²) in [6.07, 6.45) is 0. The lowest BCUT2D eigenvalue weighted by Crippen LogP contribution is -2.27. The highest BCUT2D eigenvalue weighted by Crippen LogP contribution is 2.07. The maximum atomic E-state index is 11.4. The van der Waals surface area contributed by atoms with Gasteiger partial charge in [0.05, 0.1) is 13.2 Å². The molecular formula is C9H12N2O2. The van der Waals surface area contributed by atoms with Crippen LogP contribution in [0.5, 0.6) is 5.88 Å². The first-order valence-corrected chi connectivity index (χ1v) is 3.96. The van der Waals surface area contributed by atoms with Crippen molar-refractivity contribution in [1.82, 2.24) is 4.98 Å². The molecule has 4 nitrogen and oxygen atoms in total. The van der Waals surface area contributed by atoms with E-state index in [1.165, 1.54) is 7.11 Å². The summed E-state index contributed by atoms with van der Waals surface area (Å²) >= 11 is 0. The summed E-state index contributed by atoms with van der Waals surface area (Å²) in [6.45, 7) is 1.63. The van der Waals surface area contributed by atoms with Crippen molar-refractivity contribution in [3.8, 4) is 5.88 Å². The Morgan fingerprint density at radius 3 is 2.85 bits per heavy atom. The van der Waals surface area contributed by atoms with Crippen LogP contribution in [0.25, 0.3) is 0 Å². The first-order valence-electron chi connectivity index (χ1n) is 3.96. The number of ether oxygens (including phenoxy) is 1. The van der Waals surface area contributed by atoms with E-state index in [1.54, 1.807) is 25.1 Å². The fraction of sp³-hybridized carbons (Fsp3) is 0.333. The van der Waals surface area contributed by atoms with Gasteiger partial charge < -0.3 is 10.5 Å². The van der Waals surface area contributed by atoms with Crippen LogP contribution >= 0.6 is 0 Å². The number of carbonyl (C=O) groups excluding carboxylic acids is 1. The Hall–Kier alpha value is -1.42. The van der Waals surface area contributed by atoms with Gasteiger partial charge in [-0.1, -0.05) is 6.07 Å². The lowest BCUT2D eigenvalue weighted by molar-refractivity contribution is 0.0962. The molecule has 1 unspecified atom stereocenters. The second-order valence-corrected chi connectivity index (χ2v) is 2.72. The van der Waals surface area contributed by atoms with Crippen LogP contribution in [-0.4, -0.2) is 23.9 Å². The van der Waals surface area contributed by atoms with Gasteiger partial charge in [0, 0.05) is 6.07 Å². The molecule has 2 N–H and O–H groups in total. The van der Waals surface area contributed by atoms with Crippen molar-refractivity contribution in [3.05, 3.63) is 23.9 Å². The lowest BCUT2D eigenvalue weighted by atomic mass is 10.1. The molecule has 0 fully saturated rings. The number of nitrogens with two attached hydrogens (primary N) is 1. The molecule has 1 rings (SSSR count). The Labute approximate surface area is 76.7 Å². The van der Waals surface area contributed by atoms with Crippen molar-refractivity contribution in [2.24, 2.45) is 5.73 Å². The molecule has 0 aliphatic carbocycles. The van der Waals surface area contributed by atoms with Gasteiger partial charge in [0.25, 0.3) is 0 Å². The third kappa shape index (κ3) is 2.26. The quantitative estimate of drug-likeness (QED) is 0.692. The van der Waals surface area contributed by atoms with Gasteiger partial charge in [0.2, 0.25) is 5.88 Å². The molecule has 4 heteroatoms. The molecule has 1 atom stereocenters. The highest BCUT2D eigenvalue weighted by molar-refractivity contribution is 5.98. The number of ketones is 1. The van der Waals surface area contributed by atoms with Crippen LogP contribution in [0.1, 0.15) is 17.4 Å². The highest BCUT2D eigenvalue weighted by atomic mass is 16.5. The minimum Gasteiger partial charge on any atom is -0.481 e. The van der Waals surface area contributed by atoms with E-state index in [-0.39, 0.29) is 5.78 Å². The summed E-state index contributed by atoms with van der Waals surface area (Å²) in [5.41, 5.74) is 5.77. The van der Waals surface area contributed by atoms with E-state index >= 15 is 0 Å². The molecule has 1 heterocycles. The summed E-state index contributed by atoms with van der Waals surface area (Å²) in [7, 11) is 1.50. The van der Waals surface area contributed by atoms with Crippen LogP contribution < -0.4 is 10.5 Å². The summed E-state index contributed by atoms with van der Waals surface area (Å²) in [6, 6.07) is 4.48. The number of hydrogen-bond donors (Lipinski definition) is 1. The average molecular weight is 180 g/mol. The number of hydrogen-bond acceptors (Lipinski definition) is 4. The van der Waals surface area contributed by atoms with Gasteiger partial charge in [0.15, 0.2) is 5.78 Å². The van der Waals surface area contributed by atoms with E-state index in [2.05, 4.69) is 4.98 Å². The van der Waals surface area contributed by atoms with Crippen LogP contribution in [0.4, 0.5) is 0 Å². The number of rotatable bonds is 3. The minimum absolute atomic E-state index is 0.182.